The molecule has 1 amide bonds. The number of carbonyl (C=O) groups is 2. The molecule has 4 heteroatoms. The van der Waals surface area contributed by atoms with E-state index in [9.17, 15) is 9.59 Å². The zero-order chi connectivity index (χ0) is 15.5. The predicted octanol–water partition coefficient (Wildman–Crippen LogP) is 2.91. The summed E-state index contributed by atoms with van der Waals surface area (Å²) < 4.78 is 5.11. The van der Waals surface area contributed by atoms with E-state index in [4.69, 9.17) is 4.74 Å². The summed E-state index contributed by atoms with van der Waals surface area (Å²) in [5.74, 6) is 1.05. The molecule has 0 heterocycles. The zero-order valence-corrected chi connectivity index (χ0v) is 13.6. The topological polar surface area (TPSA) is 55.4 Å². The largest absolute Gasteiger partial charge is 0.464 e. The van der Waals surface area contributed by atoms with Crippen molar-refractivity contribution in [1.29, 1.82) is 0 Å². The second-order valence-corrected chi connectivity index (χ2v) is 7.76. The first-order valence-electron chi connectivity index (χ1n) is 8.29. The van der Waals surface area contributed by atoms with Crippen molar-refractivity contribution < 1.29 is 14.3 Å². The average molecular weight is 295 g/mol. The fourth-order valence-corrected chi connectivity index (χ4v) is 3.07. The second kappa shape index (κ2) is 6.80. The molecule has 120 valence electrons. The number of esters is 1. The molecule has 1 N–H and O–H groups in total. The van der Waals surface area contributed by atoms with Crippen molar-refractivity contribution in [1.82, 2.24) is 5.32 Å². The number of rotatable bonds is 5. The van der Waals surface area contributed by atoms with Crippen LogP contribution in [0.3, 0.4) is 0 Å². The van der Waals surface area contributed by atoms with Crippen LogP contribution in [0.1, 0.15) is 59.3 Å². The molecule has 2 saturated carbocycles. The highest BCUT2D eigenvalue weighted by molar-refractivity contribution is 5.83. The third kappa shape index (κ3) is 5.33. The summed E-state index contributed by atoms with van der Waals surface area (Å²) in [5.41, 5.74) is 0.327. The van der Waals surface area contributed by atoms with Crippen LogP contribution in [0.4, 0.5) is 0 Å². The van der Waals surface area contributed by atoms with E-state index in [-0.39, 0.29) is 24.3 Å². The fourth-order valence-electron chi connectivity index (χ4n) is 3.07. The van der Waals surface area contributed by atoms with Gasteiger partial charge in [-0.3, -0.25) is 9.59 Å². The summed E-state index contributed by atoms with van der Waals surface area (Å²) in [6.45, 7) is 7.35. The van der Waals surface area contributed by atoms with Gasteiger partial charge in [-0.15, -0.1) is 0 Å². The van der Waals surface area contributed by atoms with E-state index >= 15 is 0 Å². The van der Waals surface area contributed by atoms with Gasteiger partial charge in [0.1, 0.15) is 6.54 Å². The van der Waals surface area contributed by atoms with Crippen LogP contribution < -0.4 is 5.32 Å². The maximum atomic E-state index is 12.1. The smallest absolute Gasteiger partial charge is 0.325 e. The van der Waals surface area contributed by atoms with Crippen molar-refractivity contribution in [3.63, 3.8) is 0 Å². The van der Waals surface area contributed by atoms with Gasteiger partial charge in [-0.1, -0.05) is 20.8 Å². The molecule has 0 atom stereocenters. The molecule has 0 aromatic carbocycles. The van der Waals surface area contributed by atoms with Gasteiger partial charge in [0, 0.05) is 5.92 Å². The van der Waals surface area contributed by atoms with E-state index in [1.54, 1.807) is 0 Å². The van der Waals surface area contributed by atoms with E-state index in [0.29, 0.717) is 23.9 Å². The SMILES string of the molecule is CC(C)(C)C1CCC(C(=O)NCC(=O)OCC2CC2)CC1. The summed E-state index contributed by atoms with van der Waals surface area (Å²) >= 11 is 0. The predicted molar refractivity (Wildman–Crippen MR) is 81.6 cm³/mol. The standard InChI is InChI=1S/C17H29NO3/c1-17(2,3)14-8-6-13(7-9-14)16(20)18-10-15(19)21-11-12-4-5-12/h12-14H,4-11H2,1-3H3,(H,18,20). The molecule has 0 spiro atoms. The number of nitrogens with one attached hydrogen (secondary N) is 1. The van der Waals surface area contributed by atoms with E-state index in [1.165, 1.54) is 0 Å². The van der Waals surface area contributed by atoms with Crippen molar-refractivity contribution in [3.05, 3.63) is 0 Å². The lowest BCUT2D eigenvalue weighted by atomic mass is 9.70. The normalized spacial score (nSPS) is 26.2. The van der Waals surface area contributed by atoms with Gasteiger partial charge in [-0.2, -0.15) is 0 Å². The van der Waals surface area contributed by atoms with Crippen molar-refractivity contribution >= 4 is 11.9 Å². The highest BCUT2D eigenvalue weighted by Gasteiger charge is 2.32. The monoisotopic (exact) mass is 295 g/mol. The van der Waals surface area contributed by atoms with Crippen molar-refractivity contribution in [2.75, 3.05) is 13.2 Å². The molecule has 0 aromatic heterocycles. The highest BCUT2D eigenvalue weighted by atomic mass is 16.5. The quantitative estimate of drug-likeness (QED) is 0.793. The molecular weight excluding hydrogens is 266 g/mol. The minimum Gasteiger partial charge on any atom is -0.464 e. The number of hydrogen-bond donors (Lipinski definition) is 1. The Labute approximate surface area is 128 Å². The summed E-state index contributed by atoms with van der Waals surface area (Å²) in [7, 11) is 0. The first-order valence-corrected chi connectivity index (χ1v) is 8.29. The molecule has 2 aliphatic carbocycles. The Morgan fingerprint density at radius 3 is 2.19 bits per heavy atom. The number of amides is 1. The van der Waals surface area contributed by atoms with Gasteiger partial charge in [-0.25, -0.2) is 0 Å². The maximum Gasteiger partial charge on any atom is 0.325 e. The molecule has 4 nitrogen and oxygen atoms in total. The molecule has 2 fully saturated rings. The van der Waals surface area contributed by atoms with Crippen LogP contribution in [0.25, 0.3) is 0 Å². The fraction of sp³-hybridized carbons (Fsp3) is 0.882. The molecule has 2 rings (SSSR count). The third-order valence-corrected chi connectivity index (χ3v) is 4.91. The lowest BCUT2D eigenvalue weighted by Crippen LogP contribution is -2.38. The van der Waals surface area contributed by atoms with Crippen LogP contribution in [0, 0.1) is 23.2 Å². The Morgan fingerprint density at radius 1 is 1.05 bits per heavy atom. The summed E-state index contributed by atoms with van der Waals surface area (Å²) in [4.78, 5) is 23.6. The van der Waals surface area contributed by atoms with E-state index in [2.05, 4.69) is 26.1 Å². The highest BCUT2D eigenvalue weighted by Crippen LogP contribution is 2.39. The Bertz CT molecular complexity index is 374. The third-order valence-electron chi connectivity index (χ3n) is 4.91. The van der Waals surface area contributed by atoms with Gasteiger partial charge < -0.3 is 10.1 Å². The van der Waals surface area contributed by atoms with Gasteiger partial charge in [0.05, 0.1) is 6.61 Å². The zero-order valence-electron chi connectivity index (χ0n) is 13.6. The minimum atomic E-state index is -0.307. The molecule has 21 heavy (non-hydrogen) atoms. The van der Waals surface area contributed by atoms with E-state index in [1.807, 2.05) is 0 Å². The van der Waals surface area contributed by atoms with Gasteiger partial charge in [0.15, 0.2) is 0 Å². The van der Waals surface area contributed by atoms with Crippen LogP contribution >= 0.6 is 0 Å². The molecule has 0 unspecified atom stereocenters. The lowest BCUT2D eigenvalue weighted by molar-refractivity contribution is -0.144. The van der Waals surface area contributed by atoms with Crippen molar-refractivity contribution in [2.24, 2.45) is 23.2 Å². The van der Waals surface area contributed by atoms with E-state index in [0.717, 1.165) is 38.5 Å². The number of carbonyl (C=O) groups excluding carboxylic acids is 2. The Morgan fingerprint density at radius 2 is 1.67 bits per heavy atom. The van der Waals surface area contributed by atoms with Crippen molar-refractivity contribution in [2.45, 2.75) is 59.3 Å². The molecule has 2 aliphatic rings. The Balaban J connectivity index is 1.63. The Hall–Kier alpha value is -1.06. The summed E-state index contributed by atoms with van der Waals surface area (Å²) in [5, 5.41) is 2.74. The van der Waals surface area contributed by atoms with Gasteiger partial charge in [0.25, 0.3) is 0 Å². The number of hydrogen-bond acceptors (Lipinski definition) is 3. The molecule has 0 saturated heterocycles. The minimum absolute atomic E-state index is 0.0186. The molecule has 0 aliphatic heterocycles. The van der Waals surface area contributed by atoms with Crippen LogP contribution in [-0.2, 0) is 14.3 Å². The lowest BCUT2D eigenvalue weighted by Gasteiger charge is -2.36. The first-order chi connectivity index (χ1) is 9.86. The van der Waals surface area contributed by atoms with Gasteiger partial charge >= 0.3 is 5.97 Å². The van der Waals surface area contributed by atoms with Crippen LogP contribution in [0.15, 0.2) is 0 Å². The number of ether oxygens (including phenoxy) is 1. The van der Waals surface area contributed by atoms with E-state index < -0.39 is 0 Å². The maximum absolute atomic E-state index is 12.1. The van der Waals surface area contributed by atoms with Crippen LogP contribution in [0.2, 0.25) is 0 Å². The average Bonchev–Trinajstić information content (AvgIpc) is 3.26. The summed E-state index contributed by atoms with van der Waals surface area (Å²) in [6, 6.07) is 0. The first kappa shape index (κ1) is 16.3. The Kier molecular flexibility index (Phi) is 5.28. The summed E-state index contributed by atoms with van der Waals surface area (Å²) in [6.07, 6.45) is 6.41. The van der Waals surface area contributed by atoms with Crippen LogP contribution in [0.5, 0.6) is 0 Å². The molecule has 0 radical (unpaired) electrons. The molecule has 0 aromatic rings. The van der Waals surface area contributed by atoms with Gasteiger partial charge in [-0.05, 0) is 55.8 Å². The van der Waals surface area contributed by atoms with Crippen molar-refractivity contribution in [3.8, 4) is 0 Å². The van der Waals surface area contributed by atoms with Gasteiger partial charge in [0.2, 0.25) is 5.91 Å². The van der Waals surface area contributed by atoms with Crippen LogP contribution in [-0.4, -0.2) is 25.0 Å². The second-order valence-electron chi connectivity index (χ2n) is 7.76. The molecular formula is C17H29NO3. The molecule has 0 bridgehead atoms.